The first kappa shape index (κ1) is 18.9. The highest BCUT2D eigenvalue weighted by Gasteiger charge is 2.38. The van der Waals surface area contributed by atoms with Gasteiger partial charge in [-0.25, -0.2) is 8.42 Å². The first-order valence-electron chi connectivity index (χ1n) is 8.37. The van der Waals surface area contributed by atoms with E-state index in [9.17, 15) is 18.0 Å². The molecule has 142 valence electrons. The largest absolute Gasteiger partial charge is 0.497 e. The third-order valence-corrected chi connectivity index (χ3v) is 6.09. The van der Waals surface area contributed by atoms with Crippen LogP contribution in [0, 0.1) is 0 Å². The standard InChI is InChI=1S/C19H20N2O5S/c1-13(22)20-18-16-12-14(26-2)8-9-17(16)21(19(18)23)10-11-27(24,25)15-6-4-3-5-7-15/h3-9,12,18H,10-11H2,1-2H3,(H,20,22)/t18-/m0/s1. The Kier molecular flexibility index (Phi) is 5.18. The van der Waals surface area contributed by atoms with Gasteiger partial charge in [-0.15, -0.1) is 0 Å². The molecule has 0 aromatic heterocycles. The predicted octanol–water partition coefficient (Wildman–Crippen LogP) is 1.69. The van der Waals surface area contributed by atoms with Crippen molar-refractivity contribution in [1.82, 2.24) is 5.32 Å². The maximum atomic E-state index is 12.8. The van der Waals surface area contributed by atoms with Crippen LogP contribution in [0.1, 0.15) is 18.5 Å². The fourth-order valence-corrected chi connectivity index (χ4v) is 4.31. The molecule has 2 aromatic carbocycles. The van der Waals surface area contributed by atoms with Crippen LogP contribution in [0.2, 0.25) is 0 Å². The summed E-state index contributed by atoms with van der Waals surface area (Å²) < 4.78 is 30.3. The molecule has 0 spiro atoms. The van der Waals surface area contributed by atoms with Gasteiger partial charge in [0.2, 0.25) is 5.91 Å². The number of hydrogen-bond donors (Lipinski definition) is 1. The molecule has 0 fully saturated rings. The molecule has 1 atom stereocenters. The van der Waals surface area contributed by atoms with Crippen LogP contribution in [-0.2, 0) is 19.4 Å². The van der Waals surface area contributed by atoms with Gasteiger partial charge in [-0.3, -0.25) is 9.59 Å². The van der Waals surface area contributed by atoms with Crippen LogP contribution in [-0.4, -0.2) is 39.6 Å². The van der Waals surface area contributed by atoms with Crippen LogP contribution in [0.3, 0.4) is 0 Å². The Morgan fingerprint density at radius 3 is 2.52 bits per heavy atom. The summed E-state index contributed by atoms with van der Waals surface area (Å²) in [5.41, 5.74) is 1.16. The van der Waals surface area contributed by atoms with Crippen molar-refractivity contribution < 1.29 is 22.7 Å². The minimum atomic E-state index is -3.53. The Bertz CT molecular complexity index is 973. The van der Waals surface area contributed by atoms with Crippen molar-refractivity contribution in [1.29, 1.82) is 0 Å². The van der Waals surface area contributed by atoms with E-state index >= 15 is 0 Å². The van der Waals surface area contributed by atoms with Crippen LogP contribution in [0.5, 0.6) is 5.75 Å². The molecule has 0 radical (unpaired) electrons. The van der Waals surface area contributed by atoms with E-state index in [4.69, 9.17) is 4.74 Å². The van der Waals surface area contributed by atoms with Gasteiger partial charge in [0.15, 0.2) is 9.84 Å². The van der Waals surface area contributed by atoms with Crippen molar-refractivity contribution in [2.75, 3.05) is 24.3 Å². The lowest BCUT2D eigenvalue weighted by Crippen LogP contribution is -2.38. The van der Waals surface area contributed by atoms with Crippen LogP contribution in [0.25, 0.3) is 0 Å². The molecule has 1 aliphatic rings. The zero-order valence-electron chi connectivity index (χ0n) is 15.0. The average molecular weight is 388 g/mol. The predicted molar refractivity (Wildman–Crippen MR) is 100 cm³/mol. The second-order valence-electron chi connectivity index (χ2n) is 6.18. The number of rotatable bonds is 6. The van der Waals surface area contributed by atoms with Gasteiger partial charge >= 0.3 is 0 Å². The summed E-state index contributed by atoms with van der Waals surface area (Å²) in [7, 11) is -2.02. The lowest BCUT2D eigenvalue weighted by molar-refractivity contribution is -0.126. The van der Waals surface area contributed by atoms with E-state index in [1.807, 2.05) is 0 Å². The van der Waals surface area contributed by atoms with Crippen molar-refractivity contribution in [3.05, 3.63) is 54.1 Å². The minimum Gasteiger partial charge on any atom is -0.497 e. The Hall–Kier alpha value is -2.87. The van der Waals surface area contributed by atoms with Crippen LogP contribution in [0.15, 0.2) is 53.4 Å². The van der Waals surface area contributed by atoms with Crippen LogP contribution in [0.4, 0.5) is 5.69 Å². The molecule has 0 bridgehead atoms. The fraction of sp³-hybridized carbons (Fsp3) is 0.263. The van der Waals surface area contributed by atoms with E-state index in [1.54, 1.807) is 36.4 Å². The lowest BCUT2D eigenvalue weighted by Gasteiger charge is -2.18. The summed E-state index contributed by atoms with van der Waals surface area (Å²) >= 11 is 0. The Balaban J connectivity index is 1.88. The molecule has 1 heterocycles. The molecule has 3 rings (SSSR count). The molecule has 0 aliphatic carbocycles. The van der Waals surface area contributed by atoms with Crippen LogP contribution >= 0.6 is 0 Å². The maximum absolute atomic E-state index is 12.8. The van der Waals surface area contributed by atoms with Gasteiger partial charge < -0.3 is 15.0 Å². The summed E-state index contributed by atoms with van der Waals surface area (Å²) in [6.45, 7) is 1.32. The SMILES string of the molecule is COc1ccc2c(c1)[C@H](NC(C)=O)C(=O)N2CCS(=O)(=O)c1ccccc1. The number of benzene rings is 2. The van der Waals surface area contributed by atoms with Gasteiger partial charge in [-0.1, -0.05) is 18.2 Å². The molecular weight excluding hydrogens is 368 g/mol. The highest BCUT2D eigenvalue weighted by atomic mass is 32.2. The third-order valence-electron chi connectivity index (χ3n) is 4.38. The van der Waals surface area contributed by atoms with Crippen LogP contribution < -0.4 is 15.0 Å². The fourth-order valence-electron chi connectivity index (χ4n) is 3.07. The van der Waals surface area contributed by atoms with Crippen molar-refractivity contribution in [2.24, 2.45) is 0 Å². The summed E-state index contributed by atoms with van der Waals surface area (Å²) in [6, 6.07) is 12.3. The summed E-state index contributed by atoms with van der Waals surface area (Å²) in [5, 5.41) is 2.62. The van der Waals surface area contributed by atoms with E-state index in [0.29, 0.717) is 17.0 Å². The average Bonchev–Trinajstić information content (AvgIpc) is 2.91. The number of nitrogens with one attached hydrogen (secondary N) is 1. The van der Waals surface area contributed by atoms with E-state index in [1.165, 1.54) is 31.1 Å². The topological polar surface area (TPSA) is 92.8 Å². The van der Waals surface area contributed by atoms with Crippen molar-refractivity contribution >= 4 is 27.3 Å². The Labute approximate surface area is 157 Å². The quantitative estimate of drug-likeness (QED) is 0.813. The molecular formula is C19H20N2O5S. The highest BCUT2D eigenvalue weighted by Crippen LogP contribution is 2.38. The third kappa shape index (κ3) is 3.80. The number of methoxy groups -OCH3 is 1. The maximum Gasteiger partial charge on any atom is 0.254 e. The zero-order chi connectivity index (χ0) is 19.6. The molecule has 2 amide bonds. The van der Waals surface area contributed by atoms with E-state index in [0.717, 1.165) is 0 Å². The molecule has 27 heavy (non-hydrogen) atoms. The lowest BCUT2D eigenvalue weighted by atomic mass is 10.1. The highest BCUT2D eigenvalue weighted by molar-refractivity contribution is 7.91. The Morgan fingerprint density at radius 2 is 1.89 bits per heavy atom. The number of amides is 2. The summed E-state index contributed by atoms with van der Waals surface area (Å²) in [6.07, 6.45) is 0. The van der Waals surface area contributed by atoms with E-state index in [2.05, 4.69) is 5.32 Å². The van der Waals surface area contributed by atoms with Gasteiger partial charge in [0, 0.05) is 24.7 Å². The number of sulfone groups is 1. The zero-order valence-corrected chi connectivity index (χ0v) is 15.8. The first-order chi connectivity index (χ1) is 12.8. The van der Waals surface area contributed by atoms with Gasteiger partial charge in [0.25, 0.3) is 5.91 Å². The summed E-state index contributed by atoms with van der Waals surface area (Å²) in [4.78, 5) is 25.9. The number of hydrogen-bond acceptors (Lipinski definition) is 5. The molecule has 0 saturated carbocycles. The number of carbonyl (C=O) groups excluding carboxylic acids is 2. The molecule has 1 N–H and O–H groups in total. The molecule has 0 unspecified atom stereocenters. The van der Waals surface area contributed by atoms with Crippen molar-refractivity contribution in [3.8, 4) is 5.75 Å². The second-order valence-corrected chi connectivity index (χ2v) is 8.29. The first-order valence-corrected chi connectivity index (χ1v) is 10.0. The number of fused-ring (bicyclic) bond motifs is 1. The second kappa shape index (κ2) is 7.40. The molecule has 8 heteroatoms. The smallest absolute Gasteiger partial charge is 0.254 e. The monoisotopic (exact) mass is 388 g/mol. The Morgan fingerprint density at radius 1 is 1.19 bits per heavy atom. The van der Waals surface area contributed by atoms with Crippen molar-refractivity contribution in [3.63, 3.8) is 0 Å². The van der Waals surface area contributed by atoms with E-state index in [-0.39, 0.29) is 29.0 Å². The number of ether oxygens (including phenoxy) is 1. The van der Waals surface area contributed by atoms with Gasteiger partial charge in [-0.05, 0) is 30.3 Å². The van der Waals surface area contributed by atoms with Gasteiger partial charge in [0.1, 0.15) is 11.8 Å². The number of nitrogens with zero attached hydrogens (tertiary/aromatic N) is 1. The van der Waals surface area contributed by atoms with Gasteiger partial charge in [0.05, 0.1) is 17.8 Å². The molecule has 1 aliphatic heterocycles. The number of anilines is 1. The molecule has 2 aromatic rings. The van der Waals surface area contributed by atoms with Gasteiger partial charge in [-0.2, -0.15) is 0 Å². The molecule has 7 nitrogen and oxygen atoms in total. The minimum absolute atomic E-state index is 0.00846. The number of carbonyl (C=O) groups is 2. The van der Waals surface area contributed by atoms with Crippen molar-refractivity contribution in [2.45, 2.75) is 17.9 Å². The van der Waals surface area contributed by atoms with E-state index < -0.39 is 15.9 Å². The molecule has 0 saturated heterocycles. The normalized spacial score (nSPS) is 16.1. The summed E-state index contributed by atoms with van der Waals surface area (Å²) in [5.74, 6) is -0.380.